The van der Waals surface area contributed by atoms with Crippen LogP contribution in [-0.2, 0) is 0 Å². The Morgan fingerprint density at radius 3 is 1.94 bits per heavy atom. The van der Waals surface area contributed by atoms with Crippen molar-refractivity contribution in [1.29, 1.82) is 0 Å². The van der Waals surface area contributed by atoms with Crippen molar-refractivity contribution < 1.29 is 4.39 Å². The zero-order valence-electron chi connectivity index (χ0n) is 12.7. The van der Waals surface area contributed by atoms with Crippen LogP contribution in [0, 0.1) is 0 Å². The molecule has 108 valence electrons. The minimum Gasteiger partial charge on any atom is -0.292 e. The molecule has 1 heterocycles. The molecule has 18 heavy (non-hydrogen) atoms. The van der Waals surface area contributed by atoms with Gasteiger partial charge < -0.3 is 0 Å². The maximum Gasteiger partial charge on any atom is 0.125 e. The first-order valence-electron chi connectivity index (χ1n) is 8.01. The summed E-state index contributed by atoms with van der Waals surface area (Å²) in [5.74, 6) is 0. The molecule has 0 aliphatic carbocycles. The maximum absolute atomic E-state index is 13.1. The number of hydrogen-bond donors (Lipinski definition) is 0. The van der Waals surface area contributed by atoms with E-state index in [9.17, 15) is 4.39 Å². The normalized spacial score (nSPS) is 20.7. The van der Waals surface area contributed by atoms with E-state index < -0.39 is 6.17 Å². The van der Waals surface area contributed by atoms with E-state index in [0.717, 1.165) is 0 Å². The Balaban J connectivity index is 2.35. The van der Waals surface area contributed by atoms with E-state index in [1.54, 1.807) is 0 Å². The lowest BCUT2D eigenvalue weighted by molar-refractivity contribution is -0.0330. The number of nitrogens with zero attached hydrogens (tertiary/aromatic N) is 1. The highest BCUT2D eigenvalue weighted by Gasteiger charge is 2.39. The Kier molecular flexibility index (Phi) is 7.21. The molecule has 1 atom stereocenters. The summed E-state index contributed by atoms with van der Waals surface area (Å²) in [7, 11) is 0. The number of halogens is 1. The molecule has 1 rings (SSSR count). The van der Waals surface area contributed by atoms with Gasteiger partial charge in [0.05, 0.1) is 0 Å². The summed E-state index contributed by atoms with van der Waals surface area (Å²) in [4.78, 5) is 2.39. The van der Waals surface area contributed by atoms with E-state index >= 15 is 0 Å². The van der Waals surface area contributed by atoms with Crippen molar-refractivity contribution in [3.8, 4) is 0 Å². The van der Waals surface area contributed by atoms with Gasteiger partial charge in [-0.1, -0.05) is 58.8 Å². The summed E-state index contributed by atoms with van der Waals surface area (Å²) in [6.45, 7) is 8.22. The molecule has 0 aromatic heterocycles. The van der Waals surface area contributed by atoms with Crippen molar-refractivity contribution in [3.05, 3.63) is 0 Å². The topological polar surface area (TPSA) is 3.24 Å². The van der Waals surface area contributed by atoms with Gasteiger partial charge in [-0.2, -0.15) is 0 Å². The summed E-state index contributed by atoms with van der Waals surface area (Å²) < 4.78 is 13.1. The molecule has 1 nitrogen and oxygen atoms in total. The van der Waals surface area contributed by atoms with Crippen molar-refractivity contribution in [1.82, 2.24) is 4.90 Å². The standard InChI is InChI=1S/C16H32FN/c1-4-6-8-10-12-16(3,11-9-7-5-2)18-13-15(17)14-18/h15H,4-14H2,1-3H3. The molecule has 2 heteroatoms. The molecular formula is C16H32FN. The van der Waals surface area contributed by atoms with Crippen LogP contribution in [0.15, 0.2) is 0 Å². The van der Waals surface area contributed by atoms with Gasteiger partial charge in [0.1, 0.15) is 6.17 Å². The molecule has 0 aromatic carbocycles. The van der Waals surface area contributed by atoms with Gasteiger partial charge in [-0.25, -0.2) is 4.39 Å². The van der Waals surface area contributed by atoms with Crippen LogP contribution in [0.3, 0.4) is 0 Å². The van der Waals surface area contributed by atoms with E-state index in [2.05, 4.69) is 25.7 Å². The minimum absolute atomic E-state index is 0.269. The fourth-order valence-electron chi connectivity index (χ4n) is 3.00. The first-order chi connectivity index (χ1) is 8.62. The lowest BCUT2D eigenvalue weighted by Crippen LogP contribution is -2.59. The van der Waals surface area contributed by atoms with Gasteiger partial charge in [-0.15, -0.1) is 0 Å². The monoisotopic (exact) mass is 257 g/mol. The molecule has 0 spiro atoms. The van der Waals surface area contributed by atoms with Crippen LogP contribution >= 0.6 is 0 Å². The second-order valence-electron chi connectivity index (χ2n) is 6.27. The van der Waals surface area contributed by atoms with E-state index in [0.29, 0.717) is 13.1 Å². The molecule has 1 fully saturated rings. The third-order valence-corrected chi connectivity index (χ3v) is 4.49. The molecule has 0 aromatic rings. The zero-order valence-corrected chi connectivity index (χ0v) is 12.7. The van der Waals surface area contributed by atoms with Crippen LogP contribution in [0.25, 0.3) is 0 Å². The van der Waals surface area contributed by atoms with Crippen molar-refractivity contribution in [2.45, 2.75) is 90.3 Å². The predicted molar refractivity (Wildman–Crippen MR) is 77.8 cm³/mol. The van der Waals surface area contributed by atoms with Gasteiger partial charge in [0.15, 0.2) is 0 Å². The van der Waals surface area contributed by atoms with Crippen molar-refractivity contribution in [3.63, 3.8) is 0 Å². The van der Waals surface area contributed by atoms with E-state index in [4.69, 9.17) is 0 Å². The molecule has 0 radical (unpaired) electrons. The highest BCUT2D eigenvalue weighted by Crippen LogP contribution is 2.33. The van der Waals surface area contributed by atoms with Gasteiger partial charge in [0.2, 0.25) is 0 Å². The lowest BCUT2D eigenvalue weighted by Gasteiger charge is -2.49. The van der Waals surface area contributed by atoms with Crippen LogP contribution in [0.4, 0.5) is 4.39 Å². The summed E-state index contributed by atoms with van der Waals surface area (Å²) in [5, 5.41) is 0. The first kappa shape index (κ1) is 15.9. The van der Waals surface area contributed by atoms with E-state index in [1.165, 1.54) is 57.8 Å². The summed E-state index contributed by atoms with van der Waals surface area (Å²) in [5.41, 5.74) is 0.269. The Morgan fingerprint density at radius 2 is 1.44 bits per heavy atom. The van der Waals surface area contributed by atoms with Gasteiger partial charge in [0, 0.05) is 18.6 Å². The Hall–Kier alpha value is -0.110. The second-order valence-corrected chi connectivity index (χ2v) is 6.27. The first-order valence-corrected chi connectivity index (χ1v) is 8.01. The number of hydrogen-bond acceptors (Lipinski definition) is 1. The van der Waals surface area contributed by atoms with Gasteiger partial charge in [-0.05, 0) is 19.8 Å². The fraction of sp³-hybridized carbons (Fsp3) is 1.00. The zero-order chi connectivity index (χ0) is 13.4. The Labute approximate surface area is 113 Å². The summed E-state index contributed by atoms with van der Waals surface area (Å²) in [6.07, 6.45) is 11.1. The molecule has 1 aliphatic rings. The SMILES string of the molecule is CCCCCCC(C)(CCCCC)N1CC(F)C1. The summed E-state index contributed by atoms with van der Waals surface area (Å²) >= 11 is 0. The molecule has 0 bridgehead atoms. The molecule has 1 unspecified atom stereocenters. The second kappa shape index (κ2) is 8.14. The molecule has 0 saturated carbocycles. The van der Waals surface area contributed by atoms with Crippen molar-refractivity contribution in [2.24, 2.45) is 0 Å². The number of likely N-dealkylation sites (tertiary alicyclic amines) is 1. The van der Waals surface area contributed by atoms with Gasteiger partial charge >= 0.3 is 0 Å². The van der Waals surface area contributed by atoms with Crippen molar-refractivity contribution >= 4 is 0 Å². The summed E-state index contributed by atoms with van der Waals surface area (Å²) in [6, 6.07) is 0. The highest BCUT2D eigenvalue weighted by molar-refractivity contribution is 4.94. The van der Waals surface area contributed by atoms with Crippen LogP contribution < -0.4 is 0 Å². The average Bonchev–Trinajstić information content (AvgIpc) is 2.31. The molecular weight excluding hydrogens is 225 g/mol. The predicted octanol–water partition coefficient (Wildman–Crippen LogP) is 4.95. The number of rotatable bonds is 10. The molecule has 0 N–H and O–H groups in total. The van der Waals surface area contributed by atoms with E-state index in [1.807, 2.05) is 0 Å². The van der Waals surface area contributed by atoms with Crippen molar-refractivity contribution in [2.75, 3.05) is 13.1 Å². The van der Waals surface area contributed by atoms with Crippen LogP contribution in [0.2, 0.25) is 0 Å². The minimum atomic E-state index is -0.564. The quantitative estimate of drug-likeness (QED) is 0.501. The van der Waals surface area contributed by atoms with Gasteiger partial charge in [0.25, 0.3) is 0 Å². The smallest absolute Gasteiger partial charge is 0.125 e. The maximum atomic E-state index is 13.1. The average molecular weight is 257 g/mol. The Bertz CT molecular complexity index is 213. The largest absolute Gasteiger partial charge is 0.292 e. The van der Waals surface area contributed by atoms with Crippen LogP contribution in [-0.4, -0.2) is 29.7 Å². The third-order valence-electron chi connectivity index (χ3n) is 4.49. The van der Waals surface area contributed by atoms with Crippen LogP contribution in [0.5, 0.6) is 0 Å². The lowest BCUT2D eigenvalue weighted by atomic mass is 9.84. The number of unbranched alkanes of at least 4 members (excludes halogenated alkanes) is 5. The fourth-order valence-corrected chi connectivity index (χ4v) is 3.00. The Morgan fingerprint density at radius 1 is 0.944 bits per heavy atom. The molecule has 0 amide bonds. The number of alkyl halides is 1. The molecule has 1 saturated heterocycles. The molecule has 1 aliphatic heterocycles. The van der Waals surface area contributed by atoms with Crippen LogP contribution in [0.1, 0.15) is 78.6 Å². The highest BCUT2D eigenvalue weighted by atomic mass is 19.1. The van der Waals surface area contributed by atoms with Gasteiger partial charge in [-0.3, -0.25) is 4.90 Å². The van der Waals surface area contributed by atoms with E-state index in [-0.39, 0.29) is 5.54 Å². The third kappa shape index (κ3) is 4.87.